The van der Waals surface area contributed by atoms with Crippen LogP contribution in [0, 0.1) is 0 Å². The van der Waals surface area contributed by atoms with Crippen molar-refractivity contribution in [3.8, 4) is 0 Å². The van der Waals surface area contributed by atoms with Gasteiger partial charge in [-0.3, -0.25) is 4.98 Å². The van der Waals surface area contributed by atoms with E-state index in [0.29, 0.717) is 11.9 Å². The van der Waals surface area contributed by atoms with E-state index in [4.69, 9.17) is 11.6 Å². The average molecular weight is 307 g/mol. The van der Waals surface area contributed by atoms with Gasteiger partial charge in [-0.15, -0.1) is 0 Å². The number of rotatable bonds is 7. The quantitative estimate of drug-likeness (QED) is 0.847. The molecular formula is C14H19ClN6. The Morgan fingerprint density at radius 2 is 1.81 bits per heavy atom. The molecule has 0 radical (unpaired) electrons. The number of hydrogen-bond donors (Lipinski definition) is 1. The molecule has 0 spiro atoms. The molecule has 21 heavy (non-hydrogen) atoms. The second-order valence-corrected chi connectivity index (χ2v) is 4.77. The van der Waals surface area contributed by atoms with E-state index in [-0.39, 0.29) is 5.28 Å². The van der Waals surface area contributed by atoms with Crippen LogP contribution in [0.5, 0.6) is 0 Å². The number of halogens is 1. The molecule has 0 unspecified atom stereocenters. The highest BCUT2D eigenvalue weighted by Crippen LogP contribution is 2.13. The Morgan fingerprint density at radius 1 is 1.10 bits per heavy atom. The Bertz CT molecular complexity index is 559. The summed E-state index contributed by atoms with van der Waals surface area (Å²) in [5.74, 6) is 1.11. The van der Waals surface area contributed by atoms with Gasteiger partial charge in [0.25, 0.3) is 0 Å². The van der Waals surface area contributed by atoms with E-state index in [9.17, 15) is 0 Å². The summed E-state index contributed by atoms with van der Waals surface area (Å²) in [5, 5.41) is 3.39. The van der Waals surface area contributed by atoms with E-state index in [2.05, 4.69) is 39.1 Å². The Hall–Kier alpha value is -1.95. The fraction of sp³-hybridized carbons (Fsp3) is 0.429. The van der Waals surface area contributed by atoms with E-state index in [1.54, 1.807) is 12.4 Å². The van der Waals surface area contributed by atoms with Gasteiger partial charge in [0.05, 0.1) is 0 Å². The first-order valence-electron chi connectivity index (χ1n) is 7.02. The summed E-state index contributed by atoms with van der Waals surface area (Å²) in [6, 6.07) is 3.98. The number of aromatic nitrogens is 4. The minimum absolute atomic E-state index is 0.207. The molecule has 0 fully saturated rings. The second-order valence-electron chi connectivity index (χ2n) is 4.43. The lowest BCUT2D eigenvalue weighted by atomic mass is 10.2. The maximum absolute atomic E-state index is 5.97. The Morgan fingerprint density at radius 3 is 2.48 bits per heavy atom. The van der Waals surface area contributed by atoms with Crippen molar-refractivity contribution in [2.45, 2.75) is 20.3 Å². The van der Waals surface area contributed by atoms with E-state index >= 15 is 0 Å². The number of pyridine rings is 1. The summed E-state index contributed by atoms with van der Waals surface area (Å²) >= 11 is 5.97. The smallest absolute Gasteiger partial charge is 0.231 e. The predicted octanol–water partition coefficient (Wildman–Crippen LogP) is 2.42. The van der Waals surface area contributed by atoms with Crippen LogP contribution in [-0.2, 0) is 6.42 Å². The first-order valence-corrected chi connectivity index (χ1v) is 7.40. The van der Waals surface area contributed by atoms with Gasteiger partial charge in [0.1, 0.15) is 0 Å². The molecule has 0 aliphatic heterocycles. The Kier molecular flexibility index (Phi) is 5.68. The first-order chi connectivity index (χ1) is 10.2. The highest BCUT2D eigenvalue weighted by Gasteiger charge is 2.09. The minimum Gasteiger partial charge on any atom is -0.354 e. The van der Waals surface area contributed by atoms with Crippen molar-refractivity contribution in [2.24, 2.45) is 0 Å². The van der Waals surface area contributed by atoms with Gasteiger partial charge in [0.2, 0.25) is 17.2 Å². The van der Waals surface area contributed by atoms with Gasteiger partial charge in [-0.25, -0.2) is 0 Å². The molecule has 0 aliphatic rings. The summed E-state index contributed by atoms with van der Waals surface area (Å²) in [6.07, 6.45) is 4.44. The topological polar surface area (TPSA) is 66.8 Å². The van der Waals surface area contributed by atoms with Crippen LogP contribution in [0.25, 0.3) is 0 Å². The molecular weight excluding hydrogens is 288 g/mol. The van der Waals surface area contributed by atoms with Crippen molar-refractivity contribution >= 4 is 23.5 Å². The number of nitrogens with zero attached hydrogens (tertiary/aromatic N) is 5. The third-order valence-electron chi connectivity index (χ3n) is 3.09. The predicted molar refractivity (Wildman–Crippen MR) is 84.8 cm³/mol. The van der Waals surface area contributed by atoms with E-state index in [1.807, 2.05) is 17.0 Å². The van der Waals surface area contributed by atoms with Crippen molar-refractivity contribution < 1.29 is 0 Å². The molecule has 7 heteroatoms. The Balaban J connectivity index is 1.99. The molecule has 0 amide bonds. The third-order valence-corrected chi connectivity index (χ3v) is 3.26. The summed E-state index contributed by atoms with van der Waals surface area (Å²) in [7, 11) is 0. The van der Waals surface area contributed by atoms with Crippen molar-refractivity contribution in [1.82, 2.24) is 19.9 Å². The first kappa shape index (κ1) is 15.4. The van der Waals surface area contributed by atoms with Crippen LogP contribution in [0.15, 0.2) is 24.5 Å². The second kappa shape index (κ2) is 7.73. The molecule has 2 aromatic heterocycles. The maximum Gasteiger partial charge on any atom is 0.231 e. The van der Waals surface area contributed by atoms with Gasteiger partial charge in [-0.05, 0) is 49.6 Å². The van der Waals surface area contributed by atoms with Crippen molar-refractivity contribution in [3.05, 3.63) is 35.4 Å². The molecule has 112 valence electrons. The molecule has 0 saturated carbocycles. The maximum atomic E-state index is 5.97. The highest BCUT2D eigenvalue weighted by molar-refractivity contribution is 6.28. The van der Waals surface area contributed by atoms with Crippen molar-refractivity contribution in [3.63, 3.8) is 0 Å². The molecule has 0 saturated heterocycles. The SMILES string of the molecule is CCN(CC)c1nc(Cl)nc(NCCc2ccncc2)n1. The number of nitrogens with one attached hydrogen (secondary N) is 1. The molecule has 2 aromatic rings. The van der Waals surface area contributed by atoms with Gasteiger partial charge < -0.3 is 10.2 Å². The fourth-order valence-corrected chi connectivity index (χ4v) is 2.09. The number of anilines is 2. The zero-order chi connectivity index (χ0) is 15.1. The zero-order valence-electron chi connectivity index (χ0n) is 12.3. The molecule has 0 aromatic carbocycles. The van der Waals surface area contributed by atoms with Gasteiger partial charge in [0.15, 0.2) is 0 Å². The summed E-state index contributed by atoms with van der Waals surface area (Å²) < 4.78 is 0. The molecule has 6 nitrogen and oxygen atoms in total. The number of hydrogen-bond acceptors (Lipinski definition) is 6. The van der Waals surface area contributed by atoms with Gasteiger partial charge in [-0.2, -0.15) is 15.0 Å². The van der Waals surface area contributed by atoms with E-state index in [0.717, 1.165) is 26.1 Å². The Labute approximate surface area is 129 Å². The fourth-order valence-electron chi connectivity index (χ4n) is 1.93. The largest absolute Gasteiger partial charge is 0.354 e. The van der Waals surface area contributed by atoms with Gasteiger partial charge in [-0.1, -0.05) is 0 Å². The monoisotopic (exact) mass is 306 g/mol. The molecule has 0 bridgehead atoms. The van der Waals surface area contributed by atoms with Crippen LogP contribution in [0.4, 0.5) is 11.9 Å². The van der Waals surface area contributed by atoms with Crippen LogP contribution < -0.4 is 10.2 Å². The molecule has 0 atom stereocenters. The molecule has 1 N–H and O–H groups in total. The lowest BCUT2D eigenvalue weighted by molar-refractivity contribution is 0.810. The van der Waals surface area contributed by atoms with Crippen molar-refractivity contribution in [2.75, 3.05) is 29.9 Å². The van der Waals surface area contributed by atoms with Crippen molar-refractivity contribution in [1.29, 1.82) is 0 Å². The van der Waals surface area contributed by atoms with E-state index in [1.165, 1.54) is 5.56 Å². The third kappa shape index (κ3) is 4.53. The standard InChI is InChI=1S/C14H19ClN6/c1-3-21(4-2)14-19-12(15)18-13(20-14)17-10-7-11-5-8-16-9-6-11/h5-6,8-9H,3-4,7,10H2,1-2H3,(H,17,18,19,20). The van der Waals surface area contributed by atoms with Crippen LogP contribution in [0.3, 0.4) is 0 Å². The van der Waals surface area contributed by atoms with Crippen LogP contribution in [0.1, 0.15) is 19.4 Å². The van der Waals surface area contributed by atoms with Gasteiger partial charge in [0, 0.05) is 32.0 Å². The molecule has 2 rings (SSSR count). The highest BCUT2D eigenvalue weighted by atomic mass is 35.5. The summed E-state index contributed by atoms with van der Waals surface area (Å²) in [5.41, 5.74) is 1.21. The average Bonchev–Trinajstić information content (AvgIpc) is 2.49. The van der Waals surface area contributed by atoms with Gasteiger partial charge >= 0.3 is 0 Å². The van der Waals surface area contributed by atoms with Crippen LogP contribution in [-0.4, -0.2) is 39.6 Å². The zero-order valence-corrected chi connectivity index (χ0v) is 13.0. The lowest BCUT2D eigenvalue weighted by Crippen LogP contribution is -2.25. The molecule has 0 aliphatic carbocycles. The van der Waals surface area contributed by atoms with E-state index < -0.39 is 0 Å². The summed E-state index contributed by atoms with van der Waals surface area (Å²) in [6.45, 7) is 6.48. The molecule has 2 heterocycles. The van der Waals surface area contributed by atoms with Crippen LogP contribution >= 0.6 is 11.6 Å². The normalized spacial score (nSPS) is 10.4. The van der Waals surface area contributed by atoms with Crippen LogP contribution in [0.2, 0.25) is 5.28 Å². The lowest BCUT2D eigenvalue weighted by Gasteiger charge is -2.18. The minimum atomic E-state index is 0.207. The summed E-state index contributed by atoms with van der Waals surface area (Å²) in [4.78, 5) is 18.7.